The highest BCUT2D eigenvalue weighted by Crippen LogP contribution is 2.21. The molecule has 28 heavy (non-hydrogen) atoms. The summed E-state index contributed by atoms with van der Waals surface area (Å²) in [7, 11) is 0. The number of carbonyl (C=O) groups is 1. The highest BCUT2D eigenvalue weighted by molar-refractivity contribution is 7.98. The number of carbonyl (C=O) groups excluding carboxylic acids is 1. The molecule has 7 nitrogen and oxygen atoms in total. The van der Waals surface area contributed by atoms with E-state index in [0.29, 0.717) is 11.4 Å². The molecule has 0 radical (unpaired) electrons. The van der Waals surface area contributed by atoms with Gasteiger partial charge in [0.25, 0.3) is 5.91 Å². The maximum Gasteiger partial charge on any atom is 0.269 e. The van der Waals surface area contributed by atoms with Crippen LogP contribution in [-0.4, -0.2) is 43.1 Å². The lowest BCUT2D eigenvalue weighted by atomic mass is 10.2. The monoisotopic (exact) mass is 392 g/mol. The zero-order valence-corrected chi connectivity index (χ0v) is 16.2. The van der Waals surface area contributed by atoms with Crippen LogP contribution in [0.15, 0.2) is 54.9 Å². The molecule has 0 spiro atoms. The molecule has 0 saturated heterocycles. The summed E-state index contributed by atoms with van der Waals surface area (Å²) < 4.78 is 0. The number of para-hydroxylation sites is 2. The first kappa shape index (κ1) is 18.2. The van der Waals surface area contributed by atoms with E-state index in [-0.39, 0.29) is 11.9 Å². The molecule has 0 saturated carbocycles. The third-order valence-electron chi connectivity index (χ3n) is 4.45. The van der Waals surface area contributed by atoms with Crippen molar-refractivity contribution in [1.29, 1.82) is 0 Å². The second-order valence-electron chi connectivity index (χ2n) is 6.35. The van der Waals surface area contributed by atoms with Crippen molar-refractivity contribution in [2.24, 2.45) is 0 Å². The molecule has 1 aromatic carbocycles. The second kappa shape index (κ2) is 8.26. The maximum atomic E-state index is 12.8. The number of pyridine rings is 1. The van der Waals surface area contributed by atoms with E-state index < -0.39 is 0 Å². The Hall–Kier alpha value is -3.13. The van der Waals surface area contributed by atoms with Crippen LogP contribution in [-0.2, 0) is 0 Å². The Labute approximate surface area is 166 Å². The van der Waals surface area contributed by atoms with Gasteiger partial charge in [-0.15, -0.1) is 0 Å². The summed E-state index contributed by atoms with van der Waals surface area (Å²) in [5.41, 5.74) is 3.88. The molecule has 0 aliphatic carbocycles. The second-order valence-corrected chi connectivity index (χ2v) is 7.34. The van der Waals surface area contributed by atoms with Gasteiger partial charge in [0.15, 0.2) is 0 Å². The van der Waals surface area contributed by atoms with Crippen LogP contribution in [0.25, 0.3) is 22.3 Å². The Bertz CT molecular complexity index is 1040. The quantitative estimate of drug-likeness (QED) is 0.446. The van der Waals surface area contributed by atoms with Crippen LogP contribution in [0.1, 0.15) is 28.8 Å². The lowest BCUT2D eigenvalue weighted by Gasteiger charge is -2.15. The lowest BCUT2D eigenvalue weighted by molar-refractivity contribution is 0.0929. The summed E-state index contributed by atoms with van der Waals surface area (Å²) in [5, 5.41) is 10.1. The topological polar surface area (TPSA) is 99.3 Å². The van der Waals surface area contributed by atoms with Crippen molar-refractivity contribution in [2.45, 2.75) is 12.5 Å². The average Bonchev–Trinajstić information content (AvgIpc) is 3.39. The number of H-pyrrole nitrogens is 2. The minimum Gasteiger partial charge on any atom is -0.341 e. The zero-order valence-electron chi connectivity index (χ0n) is 15.3. The average molecular weight is 392 g/mol. The fraction of sp³-hybridized carbons (Fsp3) is 0.200. The third-order valence-corrected chi connectivity index (χ3v) is 5.10. The fourth-order valence-electron chi connectivity index (χ4n) is 3.00. The van der Waals surface area contributed by atoms with E-state index in [1.54, 1.807) is 30.2 Å². The summed E-state index contributed by atoms with van der Waals surface area (Å²) in [6.07, 6.45) is 6.22. The van der Waals surface area contributed by atoms with Crippen molar-refractivity contribution in [3.63, 3.8) is 0 Å². The number of rotatable bonds is 7. The largest absolute Gasteiger partial charge is 0.341 e. The first-order valence-electron chi connectivity index (χ1n) is 8.95. The smallest absolute Gasteiger partial charge is 0.269 e. The third kappa shape index (κ3) is 3.91. The first-order valence-corrected chi connectivity index (χ1v) is 10.3. The van der Waals surface area contributed by atoms with Crippen LogP contribution in [0.5, 0.6) is 0 Å². The molecule has 4 aromatic rings. The number of aromatic amines is 2. The van der Waals surface area contributed by atoms with Gasteiger partial charge >= 0.3 is 0 Å². The molecule has 0 bridgehead atoms. The molecule has 0 unspecified atom stereocenters. The number of hydrogen-bond donors (Lipinski definition) is 3. The lowest BCUT2D eigenvalue weighted by Crippen LogP contribution is -2.30. The van der Waals surface area contributed by atoms with E-state index >= 15 is 0 Å². The van der Waals surface area contributed by atoms with Crippen molar-refractivity contribution in [2.75, 3.05) is 12.0 Å². The predicted molar refractivity (Wildman–Crippen MR) is 111 cm³/mol. The first-order chi connectivity index (χ1) is 13.7. The van der Waals surface area contributed by atoms with Gasteiger partial charge < -0.3 is 10.3 Å². The van der Waals surface area contributed by atoms with Gasteiger partial charge in [0.2, 0.25) is 0 Å². The SMILES string of the molecule is CSCC[C@@H](NC(=O)c1cc(-c2ccncc2)n[nH]1)c1nc2ccccc2[nH]1. The molecule has 3 heterocycles. The molecular weight excluding hydrogens is 372 g/mol. The summed E-state index contributed by atoms with van der Waals surface area (Å²) >= 11 is 1.74. The van der Waals surface area contributed by atoms with Crippen LogP contribution in [0, 0.1) is 0 Å². The van der Waals surface area contributed by atoms with Gasteiger partial charge in [-0.25, -0.2) is 4.98 Å². The van der Waals surface area contributed by atoms with Gasteiger partial charge in [0.05, 0.1) is 22.8 Å². The predicted octanol–water partition coefficient (Wildman–Crippen LogP) is 3.57. The number of nitrogens with one attached hydrogen (secondary N) is 3. The highest BCUT2D eigenvalue weighted by Gasteiger charge is 2.20. The molecule has 3 aromatic heterocycles. The van der Waals surface area contributed by atoms with E-state index in [4.69, 9.17) is 0 Å². The maximum absolute atomic E-state index is 12.8. The fourth-order valence-corrected chi connectivity index (χ4v) is 3.47. The van der Waals surface area contributed by atoms with Gasteiger partial charge in [-0.1, -0.05) is 12.1 Å². The Kier molecular flexibility index (Phi) is 5.38. The summed E-state index contributed by atoms with van der Waals surface area (Å²) in [6.45, 7) is 0. The number of aromatic nitrogens is 5. The standard InChI is InChI=1S/C20H20N6OS/c1-28-11-8-16(19-22-14-4-2-3-5-15(14)23-19)24-20(27)18-12-17(25-26-18)13-6-9-21-10-7-13/h2-7,9-10,12,16H,8,11H2,1H3,(H,22,23)(H,24,27)(H,25,26)/t16-/m1/s1. The van der Waals surface area contributed by atoms with Crippen LogP contribution in [0.3, 0.4) is 0 Å². The summed E-state index contributed by atoms with van der Waals surface area (Å²) in [4.78, 5) is 24.8. The molecule has 1 amide bonds. The van der Waals surface area contributed by atoms with Crippen LogP contribution in [0.2, 0.25) is 0 Å². The Morgan fingerprint density at radius 2 is 2.04 bits per heavy atom. The van der Waals surface area contributed by atoms with E-state index in [1.165, 1.54) is 0 Å². The van der Waals surface area contributed by atoms with Crippen molar-refractivity contribution in [1.82, 2.24) is 30.5 Å². The van der Waals surface area contributed by atoms with Gasteiger partial charge in [-0.2, -0.15) is 16.9 Å². The number of thioether (sulfide) groups is 1. The Morgan fingerprint density at radius 1 is 1.21 bits per heavy atom. The van der Waals surface area contributed by atoms with Crippen LogP contribution < -0.4 is 5.32 Å². The molecule has 8 heteroatoms. The van der Waals surface area contributed by atoms with Gasteiger partial charge in [0, 0.05) is 18.0 Å². The van der Waals surface area contributed by atoms with E-state index in [0.717, 1.165) is 34.6 Å². The minimum atomic E-state index is -0.209. The Balaban J connectivity index is 1.55. The number of hydrogen-bond acceptors (Lipinski definition) is 5. The normalized spacial score (nSPS) is 12.2. The van der Waals surface area contributed by atoms with Crippen molar-refractivity contribution < 1.29 is 4.79 Å². The van der Waals surface area contributed by atoms with E-state index in [2.05, 4.69) is 30.5 Å². The molecule has 0 aliphatic rings. The van der Waals surface area contributed by atoms with E-state index in [1.807, 2.05) is 42.7 Å². The number of amides is 1. The summed E-state index contributed by atoms with van der Waals surface area (Å²) in [5.74, 6) is 1.46. The van der Waals surface area contributed by atoms with Crippen molar-refractivity contribution in [3.05, 3.63) is 66.4 Å². The summed E-state index contributed by atoms with van der Waals surface area (Å²) in [6, 6.07) is 13.1. The van der Waals surface area contributed by atoms with Gasteiger partial charge in [0.1, 0.15) is 11.5 Å². The number of nitrogens with zero attached hydrogens (tertiary/aromatic N) is 3. The molecule has 1 atom stereocenters. The molecule has 0 fully saturated rings. The van der Waals surface area contributed by atoms with Crippen molar-refractivity contribution in [3.8, 4) is 11.3 Å². The van der Waals surface area contributed by atoms with Gasteiger partial charge in [-0.05, 0) is 48.8 Å². The molecule has 4 rings (SSSR count). The van der Waals surface area contributed by atoms with Crippen LogP contribution in [0.4, 0.5) is 0 Å². The van der Waals surface area contributed by atoms with E-state index in [9.17, 15) is 4.79 Å². The molecular formula is C20H20N6OS. The number of benzene rings is 1. The number of fused-ring (bicyclic) bond motifs is 1. The molecule has 142 valence electrons. The molecule has 0 aliphatic heterocycles. The highest BCUT2D eigenvalue weighted by atomic mass is 32.2. The van der Waals surface area contributed by atoms with Gasteiger partial charge in [-0.3, -0.25) is 14.9 Å². The zero-order chi connectivity index (χ0) is 19.3. The van der Waals surface area contributed by atoms with Crippen molar-refractivity contribution >= 4 is 28.7 Å². The van der Waals surface area contributed by atoms with Crippen LogP contribution >= 0.6 is 11.8 Å². The number of imidazole rings is 1. The Morgan fingerprint density at radius 3 is 2.82 bits per heavy atom. The minimum absolute atomic E-state index is 0.208. The molecule has 3 N–H and O–H groups in total.